The topological polar surface area (TPSA) is 54.9 Å². The van der Waals surface area contributed by atoms with Crippen LogP contribution in [0, 0.1) is 13.8 Å². The van der Waals surface area contributed by atoms with E-state index in [0.717, 1.165) is 49.1 Å². The summed E-state index contributed by atoms with van der Waals surface area (Å²) in [5.41, 5.74) is 6.01. The second-order valence-corrected chi connectivity index (χ2v) is 13.1. The molecule has 3 heterocycles. The Hall–Kier alpha value is -3.04. The molecule has 3 aromatic rings. The summed E-state index contributed by atoms with van der Waals surface area (Å²) in [4.78, 5) is 22.3. The first kappa shape index (κ1) is 29.5. The number of carbonyl (C=O) groups excluding carboxylic acids is 1. The first-order valence-corrected chi connectivity index (χ1v) is 15.1. The fourth-order valence-corrected chi connectivity index (χ4v) is 6.69. The van der Waals surface area contributed by atoms with E-state index in [-0.39, 0.29) is 19.1 Å². The molecule has 0 aliphatic carbocycles. The molecular formula is C32H39F2N3O3S. The summed E-state index contributed by atoms with van der Waals surface area (Å²) in [7, 11) is 0. The summed E-state index contributed by atoms with van der Waals surface area (Å²) in [6.07, 6.45) is 1.07. The second-order valence-electron chi connectivity index (χ2n) is 12.0. The van der Waals surface area contributed by atoms with Gasteiger partial charge in [0.2, 0.25) is 0 Å². The lowest BCUT2D eigenvalue weighted by molar-refractivity contribution is 0.0118. The number of carbonyl (C=O) groups is 1. The Morgan fingerprint density at radius 2 is 1.76 bits per heavy atom. The molecule has 6 nitrogen and oxygen atoms in total. The number of halogens is 2. The minimum absolute atomic E-state index is 0.0540. The van der Waals surface area contributed by atoms with Crippen LogP contribution < -0.4 is 4.74 Å². The molecule has 0 unspecified atom stereocenters. The molecule has 2 aliphatic heterocycles. The lowest BCUT2D eigenvalue weighted by Crippen LogP contribution is -2.39. The van der Waals surface area contributed by atoms with E-state index in [0.29, 0.717) is 45.6 Å². The van der Waals surface area contributed by atoms with Crippen LogP contribution in [0.3, 0.4) is 0 Å². The van der Waals surface area contributed by atoms with E-state index in [4.69, 9.17) is 14.5 Å². The predicted octanol–water partition coefficient (Wildman–Crippen LogP) is 7.50. The van der Waals surface area contributed by atoms with Gasteiger partial charge in [0, 0.05) is 42.9 Å². The van der Waals surface area contributed by atoms with Crippen molar-refractivity contribution in [2.45, 2.75) is 71.9 Å². The molecule has 1 fully saturated rings. The van der Waals surface area contributed by atoms with Crippen LogP contribution in [0.1, 0.15) is 55.3 Å². The maximum atomic E-state index is 13.5. The number of rotatable bonds is 7. The lowest BCUT2D eigenvalue weighted by Gasteiger charge is -2.29. The number of thiazole rings is 1. The van der Waals surface area contributed by atoms with Crippen LogP contribution in [-0.4, -0.2) is 65.2 Å². The summed E-state index contributed by atoms with van der Waals surface area (Å²) in [5, 5.41) is 0.956. The lowest BCUT2D eigenvalue weighted by atomic mass is 9.93. The van der Waals surface area contributed by atoms with Gasteiger partial charge in [0.25, 0.3) is 5.92 Å². The summed E-state index contributed by atoms with van der Waals surface area (Å²) in [6.45, 7) is 12.3. The molecule has 5 rings (SSSR count). The van der Waals surface area contributed by atoms with Gasteiger partial charge in [-0.15, -0.1) is 11.3 Å². The Kier molecular flexibility index (Phi) is 8.39. The molecule has 1 saturated heterocycles. The summed E-state index contributed by atoms with van der Waals surface area (Å²) >= 11 is 1.64. The summed E-state index contributed by atoms with van der Waals surface area (Å²) in [6, 6.07) is 12.4. The highest BCUT2D eigenvalue weighted by atomic mass is 32.1. The predicted molar refractivity (Wildman–Crippen MR) is 159 cm³/mol. The van der Waals surface area contributed by atoms with Crippen LogP contribution in [0.4, 0.5) is 13.6 Å². The largest absolute Gasteiger partial charge is 0.493 e. The van der Waals surface area contributed by atoms with Gasteiger partial charge in [0.1, 0.15) is 16.4 Å². The maximum absolute atomic E-state index is 13.5. The van der Waals surface area contributed by atoms with Gasteiger partial charge in [-0.25, -0.2) is 18.6 Å². The van der Waals surface area contributed by atoms with Crippen LogP contribution in [0.5, 0.6) is 5.75 Å². The highest BCUT2D eigenvalue weighted by Crippen LogP contribution is 2.39. The van der Waals surface area contributed by atoms with Gasteiger partial charge >= 0.3 is 6.09 Å². The Labute approximate surface area is 245 Å². The molecule has 2 aromatic carbocycles. The molecular weight excluding hydrogens is 544 g/mol. The van der Waals surface area contributed by atoms with Crippen molar-refractivity contribution in [2.24, 2.45) is 0 Å². The fourth-order valence-electron chi connectivity index (χ4n) is 5.48. The molecule has 9 heteroatoms. The van der Waals surface area contributed by atoms with Crippen molar-refractivity contribution in [3.63, 3.8) is 0 Å². The summed E-state index contributed by atoms with van der Waals surface area (Å²) in [5.74, 6) is -1.75. The Balaban J connectivity index is 1.29. The second kappa shape index (κ2) is 11.7. The fraction of sp³-hybridized carbons (Fsp3) is 0.500. The van der Waals surface area contributed by atoms with Crippen LogP contribution in [0.2, 0.25) is 0 Å². The average Bonchev–Trinajstić information content (AvgIpc) is 3.48. The zero-order valence-electron chi connectivity index (χ0n) is 24.6. The number of likely N-dealkylation sites (tertiary alicyclic amines) is 1. The van der Waals surface area contributed by atoms with E-state index in [9.17, 15) is 13.6 Å². The molecule has 1 aromatic heterocycles. The molecule has 0 spiro atoms. The Morgan fingerprint density at radius 3 is 2.46 bits per heavy atom. The van der Waals surface area contributed by atoms with Gasteiger partial charge < -0.3 is 14.4 Å². The van der Waals surface area contributed by atoms with Crippen LogP contribution >= 0.6 is 11.3 Å². The Bertz CT molecular complexity index is 1420. The third kappa shape index (κ3) is 6.89. The number of nitrogens with zero attached hydrogens (tertiary/aromatic N) is 3. The third-order valence-electron chi connectivity index (χ3n) is 7.65. The van der Waals surface area contributed by atoms with Crippen molar-refractivity contribution >= 4 is 17.4 Å². The van der Waals surface area contributed by atoms with Crippen LogP contribution in [-0.2, 0) is 17.7 Å². The molecule has 0 saturated carbocycles. The normalized spacial score (nSPS) is 17.0. The minimum Gasteiger partial charge on any atom is -0.493 e. The first-order valence-electron chi connectivity index (χ1n) is 14.3. The average molecular weight is 584 g/mol. The molecule has 220 valence electrons. The molecule has 2 aliphatic rings. The van der Waals surface area contributed by atoms with Gasteiger partial charge in [-0.1, -0.05) is 30.3 Å². The van der Waals surface area contributed by atoms with Crippen molar-refractivity contribution in [3.8, 4) is 27.4 Å². The number of fused-ring (bicyclic) bond motifs is 1. The SMILES string of the molecule is Cc1c(OCCCN2CCC(F)(F)C2)cccc1-c1cccc(-c2nc3c(s2)CN(C(=O)OC(C)(C)C)CC3)c1C. The number of amides is 1. The van der Waals surface area contributed by atoms with Crippen molar-refractivity contribution < 1.29 is 23.0 Å². The van der Waals surface area contributed by atoms with Crippen molar-refractivity contribution in [3.05, 3.63) is 58.1 Å². The number of benzene rings is 2. The van der Waals surface area contributed by atoms with Crippen molar-refractivity contribution in [1.29, 1.82) is 0 Å². The van der Waals surface area contributed by atoms with E-state index in [1.54, 1.807) is 16.2 Å². The van der Waals surface area contributed by atoms with Gasteiger partial charge in [-0.3, -0.25) is 4.90 Å². The molecule has 0 bridgehead atoms. The van der Waals surface area contributed by atoms with Crippen molar-refractivity contribution in [1.82, 2.24) is 14.8 Å². The van der Waals surface area contributed by atoms with E-state index < -0.39 is 11.5 Å². The highest BCUT2D eigenvalue weighted by Gasteiger charge is 2.37. The third-order valence-corrected chi connectivity index (χ3v) is 8.76. The van der Waals surface area contributed by atoms with E-state index in [1.807, 2.05) is 37.8 Å². The standard InChI is InChI=1S/C32H39F2N3O3S/c1-21-23(24-10-7-12-27(22(24)2)39-18-8-15-36-17-14-32(33,34)20-36)9-6-11-25(21)29-35-26-13-16-37(19-28(26)41-29)30(38)40-31(3,4)5/h6-7,9-12H,8,13-20H2,1-5H3. The van der Waals surface area contributed by atoms with Gasteiger partial charge in [0.05, 0.1) is 25.4 Å². The Morgan fingerprint density at radius 1 is 1.05 bits per heavy atom. The quantitative estimate of drug-likeness (QED) is 0.270. The van der Waals surface area contributed by atoms with E-state index in [1.165, 1.54) is 0 Å². The van der Waals surface area contributed by atoms with Gasteiger partial charge in [-0.2, -0.15) is 0 Å². The molecule has 0 radical (unpaired) electrons. The number of ether oxygens (including phenoxy) is 2. The number of hydrogen-bond donors (Lipinski definition) is 0. The number of alkyl halides is 2. The smallest absolute Gasteiger partial charge is 0.410 e. The highest BCUT2D eigenvalue weighted by molar-refractivity contribution is 7.15. The van der Waals surface area contributed by atoms with E-state index >= 15 is 0 Å². The van der Waals surface area contributed by atoms with Crippen LogP contribution in [0.15, 0.2) is 36.4 Å². The molecule has 0 N–H and O–H groups in total. The zero-order valence-corrected chi connectivity index (χ0v) is 25.4. The van der Waals surface area contributed by atoms with Gasteiger partial charge in [0.15, 0.2) is 0 Å². The van der Waals surface area contributed by atoms with Crippen LogP contribution in [0.25, 0.3) is 21.7 Å². The maximum Gasteiger partial charge on any atom is 0.410 e. The zero-order chi connectivity index (χ0) is 29.4. The number of hydrogen-bond acceptors (Lipinski definition) is 6. The molecule has 0 atom stereocenters. The number of aromatic nitrogens is 1. The molecule has 1 amide bonds. The summed E-state index contributed by atoms with van der Waals surface area (Å²) < 4.78 is 38.6. The monoisotopic (exact) mass is 583 g/mol. The van der Waals surface area contributed by atoms with Crippen molar-refractivity contribution in [2.75, 3.05) is 32.8 Å². The molecule has 41 heavy (non-hydrogen) atoms. The van der Waals surface area contributed by atoms with Gasteiger partial charge in [-0.05, 0) is 69.4 Å². The first-order chi connectivity index (χ1) is 19.4. The van der Waals surface area contributed by atoms with E-state index in [2.05, 4.69) is 38.1 Å². The minimum atomic E-state index is -2.56.